The molecule has 0 saturated carbocycles. The van der Waals surface area contributed by atoms with Crippen molar-refractivity contribution in [1.29, 1.82) is 0 Å². The topological polar surface area (TPSA) is 55.1 Å². The smallest absolute Gasteiger partial charge is 0.328 e. The molecule has 0 aliphatic carbocycles. The zero-order valence-corrected chi connectivity index (χ0v) is 12.2. The van der Waals surface area contributed by atoms with Gasteiger partial charge in [0, 0.05) is 16.2 Å². The van der Waals surface area contributed by atoms with Crippen molar-refractivity contribution in [2.75, 3.05) is 0 Å². The van der Waals surface area contributed by atoms with Gasteiger partial charge in [0.1, 0.15) is 0 Å². The minimum Gasteiger partial charge on any atom is -0.478 e. The van der Waals surface area contributed by atoms with E-state index in [1.807, 2.05) is 36.6 Å². The fraction of sp³-hybridized carbons (Fsp3) is 0.143. The molecule has 0 saturated heterocycles. The monoisotopic (exact) mass is 320 g/mol. The van der Waals surface area contributed by atoms with E-state index in [9.17, 15) is 4.79 Å². The van der Waals surface area contributed by atoms with Gasteiger partial charge >= 0.3 is 5.97 Å². The molecule has 5 heteroatoms. The molecule has 0 bridgehead atoms. The van der Waals surface area contributed by atoms with Gasteiger partial charge in [-0.25, -0.2) is 9.78 Å². The van der Waals surface area contributed by atoms with Crippen LogP contribution >= 0.6 is 15.9 Å². The number of aromatic nitrogens is 2. The Bertz CT molecular complexity index is 659. The first kappa shape index (κ1) is 13.5. The van der Waals surface area contributed by atoms with Gasteiger partial charge in [-0.2, -0.15) is 0 Å². The molecule has 0 aliphatic rings. The lowest BCUT2D eigenvalue weighted by molar-refractivity contribution is -0.131. The van der Waals surface area contributed by atoms with Crippen LogP contribution in [0.5, 0.6) is 0 Å². The molecule has 0 unspecified atom stereocenters. The van der Waals surface area contributed by atoms with Crippen LogP contribution in [0, 0.1) is 13.8 Å². The summed E-state index contributed by atoms with van der Waals surface area (Å²) >= 11 is 3.39. The molecular formula is C14H13BrN2O2. The Morgan fingerprint density at radius 2 is 2.16 bits per heavy atom. The summed E-state index contributed by atoms with van der Waals surface area (Å²) in [5, 5.41) is 8.75. The highest BCUT2D eigenvalue weighted by atomic mass is 79.9. The summed E-state index contributed by atoms with van der Waals surface area (Å²) in [7, 11) is 0. The van der Waals surface area contributed by atoms with E-state index in [2.05, 4.69) is 20.9 Å². The molecule has 1 aromatic carbocycles. The fourth-order valence-corrected chi connectivity index (χ4v) is 2.16. The Kier molecular flexibility index (Phi) is 3.85. The van der Waals surface area contributed by atoms with Crippen LogP contribution in [0.3, 0.4) is 0 Å². The highest BCUT2D eigenvalue weighted by molar-refractivity contribution is 9.10. The summed E-state index contributed by atoms with van der Waals surface area (Å²) in [6, 6.07) is 5.73. The van der Waals surface area contributed by atoms with Crippen molar-refractivity contribution in [3.8, 4) is 5.69 Å². The van der Waals surface area contributed by atoms with Crippen molar-refractivity contribution in [3.05, 3.63) is 52.0 Å². The predicted molar refractivity (Wildman–Crippen MR) is 77.4 cm³/mol. The lowest BCUT2D eigenvalue weighted by Gasteiger charge is -2.10. The predicted octanol–water partition coefficient (Wildman–Crippen LogP) is 3.35. The molecule has 1 N–H and O–H groups in total. The highest BCUT2D eigenvalue weighted by Crippen LogP contribution is 2.23. The van der Waals surface area contributed by atoms with Crippen LogP contribution < -0.4 is 0 Å². The van der Waals surface area contributed by atoms with Gasteiger partial charge in [-0.1, -0.05) is 15.9 Å². The van der Waals surface area contributed by atoms with Crippen LogP contribution in [-0.4, -0.2) is 20.6 Å². The SMILES string of the molecule is Cc1ncn(-c2ccc(Br)cc2/C=C/C(=O)O)c1C. The summed E-state index contributed by atoms with van der Waals surface area (Å²) in [5.74, 6) is -0.968. The van der Waals surface area contributed by atoms with Crippen LogP contribution in [0.15, 0.2) is 35.1 Å². The van der Waals surface area contributed by atoms with Crippen LogP contribution in [0.25, 0.3) is 11.8 Å². The average molecular weight is 321 g/mol. The molecule has 2 aromatic rings. The maximum atomic E-state index is 10.7. The molecule has 0 aliphatic heterocycles. The first-order chi connectivity index (χ1) is 8.99. The summed E-state index contributed by atoms with van der Waals surface area (Å²) < 4.78 is 2.85. The van der Waals surface area contributed by atoms with E-state index < -0.39 is 5.97 Å². The number of carbonyl (C=O) groups is 1. The molecule has 2 rings (SSSR count). The minimum absolute atomic E-state index is 0.817. The second-order valence-electron chi connectivity index (χ2n) is 4.16. The standard InChI is InChI=1S/C14H13BrN2O2/c1-9-10(2)17(8-16-9)13-5-4-12(15)7-11(13)3-6-14(18)19/h3-8H,1-2H3,(H,18,19)/b6-3+. The number of aliphatic carboxylic acids is 1. The third-order valence-corrected chi connectivity index (χ3v) is 3.40. The Hall–Kier alpha value is -1.88. The van der Waals surface area contributed by atoms with Crippen molar-refractivity contribution >= 4 is 28.0 Å². The second kappa shape index (κ2) is 5.40. The molecule has 1 heterocycles. The maximum absolute atomic E-state index is 10.7. The van der Waals surface area contributed by atoms with E-state index in [4.69, 9.17) is 5.11 Å². The van der Waals surface area contributed by atoms with E-state index in [-0.39, 0.29) is 0 Å². The van der Waals surface area contributed by atoms with Crippen molar-refractivity contribution in [2.45, 2.75) is 13.8 Å². The van der Waals surface area contributed by atoms with Gasteiger partial charge in [-0.05, 0) is 43.7 Å². The van der Waals surface area contributed by atoms with Gasteiger partial charge < -0.3 is 9.67 Å². The van der Waals surface area contributed by atoms with Crippen molar-refractivity contribution in [2.24, 2.45) is 0 Å². The third kappa shape index (κ3) is 2.93. The average Bonchev–Trinajstić information content (AvgIpc) is 2.68. The summed E-state index contributed by atoms with van der Waals surface area (Å²) in [4.78, 5) is 14.9. The molecule has 0 amide bonds. The Morgan fingerprint density at radius 3 is 2.74 bits per heavy atom. The number of carboxylic acid groups (broad SMARTS) is 1. The van der Waals surface area contributed by atoms with Gasteiger partial charge in [0.05, 0.1) is 17.7 Å². The number of hydrogen-bond donors (Lipinski definition) is 1. The van der Waals surface area contributed by atoms with E-state index in [1.165, 1.54) is 0 Å². The van der Waals surface area contributed by atoms with Gasteiger partial charge in [-0.3, -0.25) is 0 Å². The molecular weight excluding hydrogens is 308 g/mol. The number of rotatable bonds is 3. The van der Waals surface area contributed by atoms with Crippen molar-refractivity contribution in [1.82, 2.24) is 9.55 Å². The Morgan fingerprint density at radius 1 is 1.42 bits per heavy atom. The molecule has 0 atom stereocenters. The molecule has 98 valence electrons. The van der Waals surface area contributed by atoms with E-state index >= 15 is 0 Å². The molecule has 0 radical (unpaired) electrons. The number of hydrogen-bond acceptors (Lipinski definition) is 2. The molecule has 1 aromatic heterocycles. The van der Waals surface area contributed by atoms with Crippen molar-refractivity contribution < 1.29 is 9.90 Å². The fourth-order valence-electron chi connectivity index (χ4n) is 1.78. The molecule has 19 heavy (non-hydrogen) atoms. The van der Waals surface area contributed by atoms with Gasteiger partial charge in [-0.15, -0.1) is 0 Å². The molecule has 0 spiro atoms. The van der Waals surface area contributed by atoms with Crippen LogP contribution in [0.2, 0.25) is 0 Å². The van der Waals surface area contributed by atoms with Crippen LogP contribution in [-0.2, 0) is 4.79 Å². The first-order valence-electron chi connectivity index (χ1n) is 5.70. The van der Waals surface area contributed by atoms with E-state index in [0.717, 1.165) is 33.2 Å². The van der Waals surface area contributed by atoms with Gasteiger partial charge in [0.2, 0.25) is 0 Å². The van der Waals surface area contributed by atoms with Crippen LogP contribution in [0.4, 0.5) is 0 Å². The zero-order valence-electron chi connectivity index (χ0n) is 10.6. The quantitative estimate of drug-likeness (QED) is 0.882. The molecule has 0 fully saturated rings. The first-order valence-corrected chi connectivity index (χ1v) is 6.50. The number of nitrogens with zero attached hydrogens (tertiary/aromatic N) is 2. The van der Waals surface area contributed by atoms with Gasteiger partial charge in [0.15, 0.2) is 0 Å². The maximum Gasteiger partial charge on any atom is 0.328 e. The minimum atomic E-state index is -0.968. The lowest BCUT2D eigenvalue weighted by atomic mass is 10.1. The van der Waals surface area contributed by atoms with Crippen molar-refractivity contribution in [3.63, 3.8) is 0 Å². The number of aryl methyl sites for hydroxylation is 1. The normalized spacial score (nSPS) is 11.1. The number of halogens is 1. The third-order valence-electron chi connectivity index (χ3n) is 2.91. The Balaban J connectivity index is 2.57. The largest absolute Gasteiger partial charge is 0.478 e. The highest BCUT2D eigenvalue weighted by Gasteiger charge is 2.08. The summed E-state index contributed by atoms with van der Waals surface area (Å²) in [6.45, 7) is 3.92. The van der Waals surface area contributed by atoms with E-state index in [1.54, 1.807) is 12.4 Å². The zero-order chi connectivity index (χ0) is 14.0. The summed E-state index contributed by atoms with van der Waals surface area (Å²) in [5.41, 5.74) is 3.71. The summed E-state index contributed by atoms with van der Waals surface area (Å²) in [6.07, 6.45) is 4.45. The van der Waals surface area contributed by atoms with Crippen LogP contribution in [0.1, 0.15) is 17.0 Å². The van der Waals surface area contributed by atoms with Gasteiger partial charge in [0.25, 0.3) is 0 Å². The lowest BCUT2D eigenvalue weighted by Crippen LogP contribution is -1.98. The number of benzene rings is 1. The molecule has 4 nitrogen and oxygen atoms in total. The Labute approximate surface area is 119 Å². The number of imidazole rings is 1. The van der Waals surface area contributed by atoms with E-state index in [0.29, 0.717) is 0 Å². The number of carboxylic acids is 1. The second-order valence-corrected chi connectivity index (χ2v) is 5.08.